The second-order valence-corrected chi connectivity index (χ2v) is 5.92. The molecule has 1 atom stereocenters. The molecule has 0 fully saturated rings. The van der Waals surface area contributed by atoms with Gasteiger partial charge in [0.05, 0.1) is 6.61 Å². The summed E-state index contributed by atoms with van der Waals surface area (Å²) >= 11 is 0. The molecular weight excluding hydrogens is 302 g/mol. The van der Waals surface area contributed by atoms with Gasteiger partial charge < -0.3 is 10.1 Å². The van der Waals surface area contributed by atoms with Gasteiger partial charge in [-0.15, -0.1) is 0 Å². The maximum atomic E-state index is 12.9. The first-order chi connectivity index (χ1) is 11.5. The zero-order valence-electron chi connectivity index (χ0n) is 14.7. The van der Waals surface area contributed by atoms with E-state index < -0.39 is 5.54 Å². The number of pyridine rings is 1. The molecule has 0 saturated carbocycles. The Hall–Kier alpha value is -2.40. The van der Waals surface area contributed by atoms with E-state index in [4.69, 9.17) is 4.74 Å². The topological polar surface area (TPSA) is 54.5 Å². The molecule has 1 N–H and O–H groups in total. The van der Waals surface area contributed by atoms with Crippen molar-refractivity contribution in [2.24, 2.45) is 0 Å². The fourth-order valence-corrected chi connectivity index (χ4v) is 2.53. The Morgan fingerprint density at radius 1 is 1.21 bits per heavy atom. The number of hydrogen-bond acceptors (Lipinski definition) is 4. The first-order valence-corrected chi connectivity index (χ1v) is 8.08. The summed E-state index contributed by atoms with van der Waals surface area (Å²) in [7, 11) is 3.81. The number of nitrogens with one attached hydrogen (secondary N) is 1. The van der Waals surface area contributed by atoms with E-state index >= 15 is 0 Å². The molecule has 1 aromatic carbocycles. The van der Waals surface area contributed by atoms with Crippen molar-refractivity contribution in [3.63, 3.8) is 0 Å². The van der Waals surface area contributed by atoms with Crippen molar-refractivity contribution in [3.8, 4) is 5.88 Å². The minimum Gasteiger partial charge on any atom is -0.478 e. The van der Waals surface area contributed by atoms with E-state index in [2.05, 4.69) is 10.3 Å². The zero-order valence-corrected chi connectivity index (χ0v) is 14.7. The van der Waals surface area contributed by atoms with E-state index in [0.29, 0.717) is 19.0 Å². The quantitative estimate of drug-likeness (QED) is 0.849. The van der Waals surface area contributed by atoms with E-state index in [-0.39, 0.29) is 5.91 Å². The van der Waals surface area contributed by atoms with E-state index in [1.165, 1.54) is 0 Å². The van der Waals surface area contributed by atoms with Crippen LogP contribution in [0.2, 0.25) is 0 Å². The molecule has 1 heterocycles. The highest BCUT2D eigenvalue weighted by Gasteiger charge is 2.37. The molecule has 1 aromatic heterocycles. The highest BCUT2D eigenvalue weighted by Crippen LogP contribution is 2.26. The van der Waals surface area contributed by atoms with E-state index in [1.807, 2.05) is 75.3 Å². The molecule has 0 spiro atoms. The number of benzene rings is 1. The summed E-state index contributed by atoms with van der Waals surface area (Å²) in [5.74, 6) is 0.497. The van der Waals surface area contributed by atoms with E-state index in [0.717, 1.165) is 11.1 Å². The van der Waals surface area contributed by atoms with Crippen LogP contribution in [-0.2, 0) is 16.9 Å². The summed E-state index contributed by atoms with van der Waals surface area (Å²) in [5.41, 5.74) is 1.06. The van der Waals surface area contributed by atoms with Crippen molar-refractivity contribution in [2.75, 3.05) is 20.7 Å². The Bertz CT molecular complexity index is 673. The number of aromatic nitrogens is 1. The lowest BCUT2D eigenvalue weighted by atomic mass is 9.89. The molecule has 24 heavy (non-hydrogen) atoms. The van der Waals surface area contributed by atoms with Crippen molar-refractivity contribution in [3.05, 3.63) is 59.8 Å². The molecular formula is C19H25N3O2. The average Bonchev–Trinajstić information content (AvgIpc) is 2.60. The number of carbonyl (C=O) groups excluding carboxylic acids is 1. The van der Waals surface area contributed by atoms with Crippen molar-refractivity contribution in [2.45, 2.75) is 25.9 Å². The molecule has 0 aliphatic carbocycles. The number of nitrogens with zero attached hydrogens (tertiary/aromatic N) is 2. The van der Waals surface area contributed by atoms with Crippen LogP contribution in [0.5, 0.6) is 5.88 Å². The first kappa shape index (κ1) is 17.9. The predicted molar refractivity (Wildman–Crippen MR) is 94.7 cm³/mol. The fraction of sp³-hybridized carbons (Fsp3) is 0.368. The second-order valence-electron chi connectivity index (χ2n) is 5.92. The first-order valence-electron chi connectivity index (χ1n) is 8.08. The number of likely N-dealkylation sites (N-methyl/N-ethyl adjacent to an activating group) is 1. The zero-order chi connectivity index (χ0) is 17.6. The van der Waals surface area contributed by atoms with Gasteiger partial charge in [0, 0.05) is 18.3 Å². The molecule has 1 unspecified atom stereocenters. The van der Waals surface area contributed by atoms with Gasteiger partial charge in [-0.1, -0.05) is 36.4 Å². The van der Waals surface area contributed by atoms with Crippen LogP contribution >= 0.6 is 0 Å². The Morgan fingerprint density at radius 3 is 2.54 bits per heavy atom. The summed E-state index contributed by atoms with van der Waals surface area (Å²) < 4.78 is 5.51. The normalized spacial score (nSPS) is 13.4. The van der Waals surface area contributed by atoms with E-state index in [9.17, 15) is 4.79 Å². The van der Waals surface area contributed by atoms with Crippen LogP contribution in [0, 0.1) is 0 Å². The van der Waals surface area contributed by atoms with Crippen LogP contribution in [0.15, 0.2) is 48.7 Å². The molecule has 5 nitrogen and oxygen atoms in total. The van der Waals surface area contributed by atoms with Gasteiger partial charge in [-0.05, 0) is 39.6 Å². The summed E-state index contributed by atoms with van der Waals surface area (Å²) in [5, 5.41) is 3.02. The standard InChI is InChI=1S/C19H25N3O2/c1-5-24-17-15(10-9-13-20-17)14-21-18(23)19(2,22(3)4)16-11-7-6-8-12-16/h6-13H,5,14H2,1-4H3,(H,21,23). The molecule has 1 amide bonds. The Labute approximate surface area is 143 Å². The largest absolute Gasteiger partial charge is 0.478 e. The maximum absolute atomic E-state index is 12.9. The van der Waals surface area contributed by atoms with Gasteiger partial charge in [0.15, 0.2) is 0 Å². The van der Waals surface area contributed by atoms with Gasteiger partial charge in [0.2, 0.25) is 11.8 Å². The number of rotatable bonds is 7. The molecule has 0 radical (unpaired) electrons. The smallest absolute Gasteiger partial charge is 0.245 e. The summed E-state index contributed by atoms with van der Waals surface area (Å²) in [6, 6.07) is 13.5. The van der Waals surface area contributed by atoms with Gasteiger partial charge in [0.1, 0.15) is 5.54 Å². The van der Waals surface area contributed by atoms with Gasteiger partial charge in [0.25, 0.3) is 0 Å². The van der Waals surface area contributed by atoms with Crippen LogP contribution < -0.4 is 10.1 Å². The van der Waals surface area contributed by atoms with Crippen LogP contribution in [0.1, 0.15) is 25.0 Å². The fourth-order valence-electron chi connectivity index (χ4n) is 2.53. The second kappa shape index (κ2) is 7.93. The molecule has 5 heteroatoms. The van der Waals surface area contributed by atoms with Gasteiger partial charge >= 0.3 is 0 Å². The third-order valence-electron chi connectivity index (χ3n) is 4.24. The molecule has 2 rings (SSSR count). The van der Waals surface area contributed by atoms with Crippen LogP contribution in [0.3, 0.4) is 0 Å². The van der Waals surface area contributed by atoms with Crippen molar-refractivity contribution >= 4 is 5.91 Å². The number of hydrogen-bond donors (Lipinski definition) is 1. The molecule has 0 aliphatic rings. The summed E-state index contributed by atoms with van der Waals surface area (Å²) in [4.78, 5) is 19.1. The lowest BCUT2D eigenvalue weighted by Gasteiger charge is -2.35. The summed E-state index contributed by atoms with van der Waals surface area (Å²) in [6.07, 6.45) is 1.68. The van der Waals surface area contributed by atoms with Crippen LogP contribution in [0.4, 0.5) is 0 Å². The lowest BCUT2D eigenvalue weighted by molar-refractivity contribution is -0.131. The number of ether oxygens (including phenoxy) is 1. The maximum Gasteiger partial charge on any atom is 0.245 e. The van der Waals surface area contributed by atoms with Gasteiger partial charge in [-0.25, -0.2) is 4.98 Å². The minimum absolute atomic E-state index is 0.0648. The Balaban J connectivity index is 2.18. The average molecular weight is 327 g/mol. The monoisotopic (exact) mass is 327 g/mol. The molecule has 0 saturated heterocycles. The molecule has 2 aromatic rings. The van der Waals surface area contributed by atoms with E-state index in [1.54, 1.807) is 6.20 Å². The number of amides is 1. The third-order valence-corrected chi connectivity index (χ3v) is 4.24. The molecule has 0 aliphatic heterocycles. The Kier molecular flexibility index (Phi) is 5.93. The highest BCUT2D eigenvalue weighted by atomic mass is 16.5. The SMILES string of the molecule is CCOc1ncccc1CNC(=O)C(C)(c1ccccc1)N(C)C. The Morgan fingerprint density at radius 2 is 1.92 bits per heavy atom. The molecule has 0 bridgehead atoms. The van der Waals surface area contributed by atoms with Gasteiger partial charge in [-0.3, -0.25) is 9.69 Å². The summed E-state index contributed by atoms with van der Waals surface area (Å²) in [6.45, 7) is 4.75. The van der Waals surface area contributed by atoms with Crippen molar-refractivity contribution in [1.82, 2.24) is 15.2 Å². The number of carbonyl (C=O) groups is 1. The van der Waals surface area contributed by atoms with Gasteiger partial charge in [-0.2, -0.15) is 0 Å². The molecule has 128 valence electrons. The highest BCUT2D eigenvalue weighted by molar-refractivity contribution is 5.87. The van der Waals surface area contributed by atoms with Crippen molar-refractivity contribution in [1.29, 1.82) is 0 Å². The third kappa shape index (κ3) is 3.74. The minimum atomic E-state index is -0.755. The van der Waals surface area contributed by atoms with Crippen LogP contribution in [0.25, 0.3) is 0 Å². The van der Waals surface area contributed by atoms with Crippen LogP contribution in [-0.4, -0.2) is 36.5 Å². The predicted octanol–water partition coefficient (Wildman–Crippen LogP) is 2.57. The lowest BCUT2D eigenvalue weighted by Crippen LogP contribution is -2.51. The van der Waals surface area contributed by atoms with Crippen molar-refractivity contribution < 1.29 is 9.53 Å².